The van der Waals surface area contributed by atoms with E-state index in [0.29, 0.717) is 5.82 Å². The van der Waals surface area contributed by atoms with Gasteiger partial charge in [-0.2, -0.15) is 0 Å². The number of nitrogen functional groups attached to an aromatic ring is 1. The van der Waals surface area contributed by atoms with E-state index >= 15 is 0 Å². The minimum absolute atomic E-state index is 0.640. The lowest BCUT2D eigenvalue weighted by molar-refractivity contribution is 0.317. The Morgan fingerprint density at radius 3 is 2.79 bits per heavy atom. The van der Waals surface area contributed by atoms with Crippen molar-refractivity contribution in [2.75, 3.05) is 18.8 Å². The predicted octanol–water partition coefficient (Wildman–Crippen LogP) is 1.08. The third-order valence-corrected chi connectivity index (χ3v) is 2.78. The highest BCUT2D eigenvalue weighted by molar-refractivity contribution is 5.25. The van der Waals surface area contributed by atoms with E-state index < -0.39 is 0 Å². The fourth-order valence-corrected chi connectivity index (χ4v) is 2.02. The van der Waals surface area contributed by atoms with Crippen molar-refractivity contribution in [2.45, 2.75) is 32.9 Å². The molecule has 1 aliphatic rings. The Balaban J connectivity index is 2.06. The van der Waals surface area contributed by atoms with Gasteiger partial charge in [-0.05, 0) is 32.9 Å². The number of nitrogens with zero attached hydrogens (tertiary/aromatic N) is 3. The maximum atomic E-state index is 5.68. The summed E-state index contributed by atoms with van der Waals surface area (Å²) in [5.41, 5.74) is 5.68. The van der Waals surface area contributed by atoms with E-state index in [0.717, 1.165) is 18.9 Å². The molecule has 0 atom stereocenters. The van der Waals surface area contributed by atoms with E-state index in [1.165, 1.54) is 25.9 Å². The highest BCUT2D eigenvalue weighted by Gasteiger charge is 2.14. The first-order valence-corrected chi connectivity index (χ1v) is 5.33. The molecule has 0 spiro atoms. The van der Waals surface area contributed by atoms with Crippen molar-refractivity contribution >= 4 is 5.82 Å². The number of aryl methyl sites for hydroxylation is 1. The molecule has 1 fully saturated rings. The minimum atomic E-state index is 0.640. The van der Waals surface area contributed by atoms with E-state index in [1.54, 1.807) is 0 Å². The molecule has 0 aromatic carbocycles. The van der Waals surface area contributed by atoms with Crippen LogP contribution in [0, 0.1) is 0 Å². The van der Waals surface area contributed by atoms with Gasteiger partial charge in [-0.15, -0.1) is 0 Å². The zero-order valence-electron chi connectivity index (χ0n) is 8.74. The van der Waals surface area contributed by atoms with Gasteiger partial charge in [0.1, 0.15) is 11.6 Å². The van der Waals surface area contributed by atoms with Crippen LogP contribution in [-0.2, 0) is 13.1 Å². The number of likely N-dealkylation sites (tertiary alicyclic amines) is 1. The van der Waals surface area contributed by atoms with E-state index in [2.05, 4.69) is 21.4 Å². The number of nitrogens with two attached hydrogens (primary N) is 1. The summed E-state index contributed by atoms with van der Waals surface area (Å²) >= 11 is 0. The highest BCUT2D eigenvalue weighted by atomic mass is 15.2. The molecule has 0 unspecified atom stereocenters. The summed E-state index contributed by atoms with van der Waals surface area (Å²) in [7, 11) is 0. The third-order valence-electron chi connectivity index (χ3n) is 2.78. The smallest absolute Gasteiger partial charge is 0.141 e. The zero-order chi connectivity index (χ0) is 9.97. The van der Waals surface area contributed by atoms with Gasteiger partial charge in [0.2, 0.25) is 0 Å². The third kappa shape index (κ3) is 1.90. The SMILES string of the molecule is CCn1cc(N)nc1CN1CCCC1. The first kappa shape index (κ1) is 9.52. The van der Waals surface area contributed by atoms with Crippen molar-refractivity contribution in [3.05, 3.63) is 12.0 Å². The standard InChI is InChI=1S/C10H18N4/c1-2-14-7-9(11)12-10(14)8-13-5-3-4-6-13/h7H,2-6,8,11H2,1H3. The number of aromatic nitrogens is 2. The van der Waals surface area contributed by atoms with Crippen molar-refractivity contribution in [1.82, 2.24) is 14.5 Å². The Morgan fingerprint density at radius 1 is 1.43 bits per heavy atom. The van der Waals surface area contributed by atoms with Gasteiger partial charge in [0.15, 0.2) is 0 Å². The van der Waals surface area contributed by atoms with E-state index in [4.69, 9.17) is 5.73 Å². The summed E-state index contributed by atoms with van der Waals surface area (Å²) in [6.45, 7) is 6.43. The molecule has 2 heterocycles. The van der Waals surface area contributed by atoms with Crippen LogP contribution in [0.3, 0.4) is 0 Å². The van der Waals surface area contributed by atoms with Crippen LogP contribution in [0.2, 0.25) is 0 Å². The van der Waals surface area contributed by atoms with Gasteiger partial charge in [-0.3, -0.25) is 4.90 Å². The van der Waals surface area contributed by atoms with Crippen LogP contribution in [0.4, 0.5) is 5.82 Å². The van der Waals surface area contributed by atoms with Crippen molar-refractivity contribution in [3.8, 4) is 0 Å². The summed E-state index contributed by atoms with van der Waals surface area (Å²) in [5.74, 6) is 1.74. The lowest BCUT2D eigenvalue weighted by Crippen LogP contribution is -2.21. The second kappa shape index (κ2) is 4.00. The number of hydrogen-bond acceptors (Lipinski definition) is 3. The van der Waals surface area contributed by atoms with Crippen LogP contribution >= 0.6 is 0 Å². The Kier molecular flexibility index (Phi) is 2.72. The molecule has 78 valence electrons. The molecule has 4 heteroatoms. The second-order valence-corrected chi connectivity index (χ2v) is 3.85. The fraction of sp³-hybridized carbons (Fsp3) is 0.700. The minimum Gasteiger partial charge on any atom is -0.382 e. The van der Waals surface area contributed by atoms with Gasteiger partial charge < -0.3 is 10.3 Å². The molecule has 0 amide bonds. The molecule has 0 saturated carbocycles. The van der Waals surface area contributed by atoms with Gasteiger partial charge in [-0.1, -0.05) is 0 Å². The van der Waals surface area contributed by atoms with Gasteiger partial charge >= 0.3 is 0 Å². The van der Waals surface area contributed by atoms with E-state index in [-0.39, 0.29) is 0 Å². The summed E-state index contributed by atoms with van der Waals surface area (Å²) in [6, 6.07) is 0. The van der Waals surface area contributed by atoms with Crippen LogP contribution in [-0.4, -0.2) is 27.5 Å². The molecule has 1 saturated heterocycles. The van der Waals surface area contributed by atoms with Gasteiger partial charge in [0.25, 0.3) is 0 Å². The average molecular weight is 194 g/mol. The van der Waals surface area contributed by atoms with Crippen molar-refractivity contribution in [3.63, 3.8) is 0 Å². The van der Waals surface area contributed by atoms with Gasteiger partial charge in [-0.25, -0.2) is 4.98 Å². The summed E-state index contributed by atoms with van der Waals surface area (Å²) < 4.78 is 2.13. The molecule has 14 heavy (non-hydrogen) atoms. The molecular formula is C10H18N4. The number of imidazole rings is 1. The molecule has 1 aliphatic heterocycles. The maximum Gasteiger partial charge on any atom is 0.141 e. The number of hydrogen-bond donors (Lipinski definition) is 1. The van der Waals surface area contributed by atoms with Crippen molar-refractivity contribution in [1.29, 1.82) is 0 Å². The maximum absolute atomic E-state index is 5.68. The highest BCUT2D eigenvalue weighted by Crippen LogP contribution is 2.13. The van der Waals surface area contributed by atoms with Crippen LogP contribution in [0.15, 0.2) is 6.20 Å². The summed E-state index contributed by atoms with van der Waals surface area (Å²) in [4.78, 5) is 6.78. The molecule has 1 aromatic rings. The Labute approximate surface area is 84.7 Å². The normalized spacial score (nSPS) is 17.8. The molecular weight excluding hydrogens is 176 g/mol. The molecule has 4 nitrogen and oxygen atoms in total. The predicted molar refractivity (Wildman–Crippen MR) is 56.8 cm³/mol. The number of rotatable bonds is 3. The second-order valence-electron chi connectivity index (χ2n) is 3.85. The van der Waals surface area contributed by atoms with Crippen molar-refractivity contribution < 1.29 is 0 Å². The molecule has 2 rings (SSSR count). The summed E-state index contributed by atoms with van der Waals surface area (Å²) in [5, 5.41) is 0. The Morgan fingerprint density at radius 2 is 2.14 bits per heavy atom. The van der Waals surface area contributed by atoms with Crippen LogP contribution < -0.4 is 5.73 Å². The quantitative estimate of drug-likeness (QED) is 0.783. The lowest BCUT2D eigenvalue weighted by Gasteiger charge is -2.14. The Hall–Kier alpha value is -1.03. The molecule has 0 bridgehead atoms. The molecule has 0 radical (unpaired) electrons. The van der Waals surface area contributed by atoms with Crippen LogP contribution in [0.1, 0.15) is 25.6 Å². The molecule has 0 aliphatic carbocycles. The monoisotopic (exact) mass is 194 g/mol. The zero-order valence-corrected chi connectivity index (χ0v) is 8.74. The first-order valence-electron chi connectivity index (χ1n) is 5.33. The van der Waals surface area contributed by atoms with Gasteiger partial charge in [0.05, 0.1) is 6.54 Å². The summed E-state index contributed by atoms with van der Waals surface area (Å²) in [6.07, 6.45) is 4.57. The van der Waals surface area contributed by atoms with E-state index in [9.17, 15) is 0 Å². The lowest BCUT2D eigenvalue weighted by atomic mass is 10.4. The van der Waals surface area contributed by atoms with Crippen molar-refractivity contribution in [2.24, 2.45) is 0 Å². The Bertz CT molecular complexity index is 299. The van der Waals surface area contributed by atoms with E-state index in [1.807, 2.05) is 6.20 Å². The average Bonchev–Trinajstić information content (AvgIpc) is 2.76. The molecule has 2 N–H and O–H groups in total. The fourth-order valence-electron chi connectivity index (χ4n) is 2.02. The van der Waals surface area contributed by atoms with Gasteiger partial charge in [0, 0.05) is 12.7 Å². The number of anilines is 1. The first-order chi connectivity index (χ1) is 6.79. The molecule has 1 aromatic heterocycles. The van der Waals surface area contributed by atoms with Crippen LogP contribution in [0.25, 0.3) is 0 Å². The largest absolute Gasteiger partial charge is 0.382 e. The van der Waals surface area contributed by atoms with Crippen LogP contribution in [0.5, 0.6) is 0 Å². The topological polar surface area (TPSA) is 47.1 Å².